The second kappa shape index (κ2) is 9.60. The summed E-state index contributed by atoms with van der Waals surface area (Å²) in [6.07, 6.45) is 3.08. The van der Waals surface area contributed by atoms with Gasteiger partial charge in [-0.15, -0.1) is 0 Å². The van der Waals surface area contributed by atoms with Crippen LogP contribution in [0.3, 0.4) is 0 Å². The molecule has 0 aliphatic carbocycles. The third-order valence-electron chi connectivity index (χ3n) is 5.79. The van der Waals surface area contributed by atoms with E-state index in [9.17, 15) is 9.59 Å². The van der Waals surface area contributed by atoms with Gasteiger partial charge in [0.15, 0.2) is 5.78 Å². The maximum Gasteiger partial charge on any atom is 0.227 e. The smallest absolute Gasteiger partial charge is 0.227 e. The first kappa shape index (κ1) is 21.5. The zero-order valence-electron chi connectivity index (χ0n) is 18.2. The minimum Gasteiger partial charge on any atom is -0.497 e. The summed E-state index contributed by atoms with van der Waals surface area (Å²) in [6.45, 7) is 3.03. The van der Waals surface area contributed by atoms with E-state index in [1.807, 2.05) is 30.3 Å². The van der Waals surface area contributed by atoms with Crippen LogP contribution in [0, 0.1) is 5.92 Å². The average Bonchev–Trinajstić information content (AvgIpc) is 2.84. The summed E-state index contributed by atoms with van der Waals surface area (Å²) >= 11 is 0. The molecule has 1 saturated heterocycles. The van der Waals surface area contributed by atoms with Crippen molar-refractivity contribution in [2.24, 2.45) is 5.92 Å². The first-order valence-electron chi connectivity index (χ1n) is 10.7. The van der Waals surface area contributed by atoms with Crippen molar-refractivity contribution >= 4 is 23.2 Å². The van der Waals surface area contributed by atoms with Gasteiger partial charge in [0, 0.05) is 41.9 Å². The summed E-state index contributed by atoms with van der Waals surface area (Å²) < 4.78 is 5.22. The summed E-state index contributed by atoms with van der Waals surface area (Å²) in [5, 5.41) is 2.97. The number of nitrogens with one attached hydrogen (secondary N) is 1. The molecule has 0 unspecified atom stereocenters. The van der Waals surface area contributed by atoms with E-state index >= 15 is 0 Å². The van der Waals surface area contributed by atoms with Crippen LogP contribution in [0.2, 0.25) is 0 Å². The number of rotatable bonds is 6. The van der Waals surface area contributed by atoms with E-state index in [1.165, 1.54) is 6.92 Å². The molecule has 1 aliphatic rings. The number of piperidine rings is 1. The SMILES string of the molecule is COc1ccc(-c2cc(N3CCC(C(=O)Nc4ccc(C(C)=O)cc4)CC3)ncn2)cc1. The van der Waals surface area contributed by atoms with Crippen molar-refractivity contribution in [3.63, 3.8) is 0 Å². The van der Waals surface area contributed by atoms with Gasteiger partial charge >= 0.3 is 0 Å². The van der Waals surface area contributed by atoms with Gasteiger partial charge < -0.3 is 15.0 Å². The number of Topliss-reactive ketones (excluding diaryl/α,β-unsaturated/α-hetero) is 1. The molecule has 7 nitrogen and oxygen atoms in total. The van der Waals surface area contributed by atoms with Crippen molar-refractivity contribution in [3.05, 3.63) is 66.5 Å². The van der Waals surface area contributed by atoms with Crippen molar-refractivity contribution in [2.45, 2.75) is 19.8 Å². The lowest BCUT2D eigenvalue weighted by atomic mass is 9.95. The predicted molar refractivity (Wildman–Crippen MR) is 124 cm³/mol. The van der Waals surface area contributed by atoms with E-state index in [0.717, 1.165) is 48.8 Å². The Morgan fingerprint density at radius 1 is 1.00 bits per heavy atom. The number of carbonyl (C=O) groups is 2. The number of benzene rings is 2. The number of amides is 1. The molecule has 0 bridgehead atoms. The van der Waals surface area contributed by atoms with Gasteiger partial charge in [0.25, 0.3) is 0 Å². The van der Waals surface area contributed by atoms with Gasteiger partial charge in [-0.05, 0) is 68.3 Å². The van der Waals surface area contributed by atoms with E-state index < -0.39 is 0 Å². The molecule has 1 aromatic heterocycles. The van der Waals surface area contributed by atoms with Crippen LogP contribution >= 0.6 is 0 Å². The number of nitrogens with zero attached hydrogens (tertiary/aromatic N) is 3. The van der Waals surface area contributed by atoms with Crippen LogP contribution in [-0.4, -0.2) is 41.9 Å². The third-order valence-corrected chi connectivity index (χ3v) is 5.79. The van der Waals surface area contributed by atoms with E-state index in [0.29, 0.717) is 11.3 Å². The first-order valence-corrected chi connectivity index (χ1v) is 10.7. The minimum atomic E-state index is -0.0540. The Morgan fingerprint density at radius 3 is 2.31 bits per heavy atom. The maximum atomic E-state index is 12.7. The van der Waals surface area contributed by atoms with Gasteiger partial charge in [-0.25, -0.2) is 9.97 Å². The number of hydrogen-bond acceptors (Lipinski definition) is 6. The van der Waals surface area contributed by atoms with Gasteiger partial charge in [-0.2, -0.15) is 0 Å². The average molecular weight is 431 g/mol. The molecule has 3 aromatic rings. The number of anilines is 2. The summed E-state index contributed by atoms with van der Waals surface area (Å²) in [7, 11) is 1.64. The third kappa shape index (κ3) is 4.94. The van der Waals surface area contributed by atoms with Crippen LogP contribution in [0.5, 0.6) is 5.75 Å². The van der Waals surface area contributed by atoms with Crippen molar-refractivity contribution in [2.75, 3.05) is 30.4 Å². The highest BCUT2D eigenvalue weighted by molar-refractivity contribution is 5.96. The second-order valence-electron chi connectivity index (χ2n) is 7.87. The lowest BCUT2D eigenvalue weighted by Gasteiger charge is -2.32. The highest BCUT2D eigenvalue weighted by Gasteiger charge is 2.26. The topological polar surface area (TPSA) is 84.4 Å². The maximum absolute atomic E-state index is 12.7. The summed E-state index contributed by atoms with van der Waals surface area (Å²) in [5.41, 5.74) is 3.20. The molecular weight excluding hydrogens is 404 g/mol. The summed E-state index contributed by atoms with van der Waals surface area (Å²) in [6, 6.07) is 16.8. The fourth-order valence-corrected chi connectivity index (χ4v) is 3.84. The second-order valence-corrected chi connectivity index (χ2v) is 7.87. The van der Waals surface area contributed by atoms with Crippen LogP contribution in [0.1, 0.15) is 30.1 Å². The summed E-state index contributed by atoms with van der Waals surface area (Å²) in [5.74, 6) is 1.64. The molecule has 0 spiro atoms. The molecule has 7 heteroatoms. The molecule has 0 radical (unpaired) electrons. The molecule has 0 saturated carbocycles. The van der Waals surface area contributed by atoms with E-state index in [-0.39, 0.29) is 17.6 Å². The van der Waals surface area contributed by atoms with E-state index in [4.69, 9.17) is 4.74 Å². The van der Waals surface area contributed by atoms with Crippen LogP contribution < -0.4 is 15.0 Å². The number of aromatic nitrogens is 2. The van der Waals surface area contributed by atoms with Gasteiger partial charge in [0.1, 0.15) is 17.9 Å². The highest BCUT2D eigenvalue weighted by Crippen LogP contribution is 2.27. The van der Waals surface area contributed by atoms with Gasteiger partial charge in [-0.3, -0.25) is 9.59 Å². The van der Waals surface area contributed by atoms with Crippen LogP contribution in [0.4, 0.5) is 11.5 Å². The van der Waals surface area contributed by atoms with Crippen LogP contribution in [0.15, 0.2) is 60.9 Å². The molecule has 1 amide bonds. The number of ketones is 1. The van der Waals surface area contributed by atoms with Crippen molar-refractivity contribution in [1.82, 2.24) is 9.97 Å². The monoisotopic (exact) mass is 430 g/mol. The van der Waals surface area contributed by atoms with Crippen LogP contribution in [-0.2, 0) is 4.79 Å². The molecule has 4 rings (SSSR count). The van der Waals surface area contributed by atoms with Crippen LogP contribution in [0.25, 0.3) is 11.3 Å². The number of ether oxygens (including phenoxy) is 1. The van der Waals surface area contributed by atoms with Crippen molar-refractivity contribution in [1.29, 1.82) is 0 Å². The molecule has 2 aromatic carbocycles. The summed E-state index contributed by atoms with van der Waals surface area (Å²) in [4.78, 5) is 35.1. The molecular formula is C25H26N4O3. The minimum absolute atomic E-state index is 0.00937. The lowest BCUT2D eigenvalue weighted by molar-refractivity contribution is -0.120. The largest absolute Gasteiger partial charge is 0.497 e. The zero-order valence-corrected chi connectivity index (χ0v) is 18.2. The molecule has 0 atom stereocenters. The number of methoxy groups -OCH3 is 1. The van der Waals surface area contributed by atoms with E-state index in [2.05, 4.69) is 20.2 Å². The normalized spacial score (nSPS) is 14.1. The Kier molecular flexibility index (Phi) is 6.44. The van der Waals surface area contributed by atoms with Gasteiger partial charge in [0.05, 0.1) is 12.8 Å². The molecule has 164 valence electrons. The standard InChI is InChI=1S/C25H26N4O3/c1-17(30)18-3-7-21(8-4-18)28-25(31)20-11-13-29(14-12-20)24-15-23(26-16-27-24)19-5-9-22(32-2)10-6-19/h3-10,15-16,20H,11-14H2,1-2H3,(H,28,31). The van der Waals surface area contributed by atoms with Crippen molar-refractivity contribution < 1.29 is 14.3 Å². The van der Waals surface area contributed by atoms with Crippen molar-refractivity contribution in [3.8, 4) is 17.0 Å². The quantitative estimate of drug-likeness (QED) is 0.590. The Hall–Kier alpha value is -3.74. The fourth-order valence-electron chi connectivity index (χ4n) is 3.84. The van der Waals surface area contributed by atoms with E-state index in [1.54, 1.807) is 37.7 Å². The molecule has 1 N–H and O–H groups in total. The number of hydrogen-bond donors (Lipinski definition) is 1. The molecule has 1 aliphatic heterocycles. The Labute approximate surface area is 187 Å². The predicted octanol–water partition coefficient (Wildman–Crippen LogP) is 4.21. The Bertz CT molecular complexity index is 1090. The molecule has 1 fully saturated rings. The highest BCUT2D eigenvalue weighted by atomic mass is 16.5. The molecule has 2 heterocycles. The van der Waals surface area contributed by atoms with Gasteiger partial charge in [0.2, 0.25) is 5.91 Å². The zero-order chi connectivity index (χ0) is 22.5. The number of carbonyl (C=O) groups excluding carboxylic acids is 2. The molecule has 32 heavy (non-hydrogen) atoms. The Morgan fingerprint density at radius 2 is 1.69 bits per heavy atom. The Balaban J connectivity index is 1.36. The lowest BCUT2D eigenvalue weighted by Crippen LogP contribution is -2.38. The fraction of sp³-hybridized carbons (Fsp3) is 0.280. The van der Waals surface area contributed by atoms with Gasteiger partial charge in [-0.1, -0.05) is 0 Å². The first-order chi connectivity index (χ1) is 15.5.